The van der Waals surface area contributed by atoms with E-state index < -0.39 is 11.6 Å². The lowest BCUT2D eigenvalue weighted by Crippen LogP contribution is -2.63. The first-order valence-electron chi connectivity index (χ1n) is 7.36. The topological polar surface area (TPSA) is 21.3 Å². The van der Waals surface area contributed by atoms with Gasteiger partial charge in [-0.15, -0.1) is 0 Å². The summed E-state index contributed by atoms with van der Waals surface area (Å²) in [5, 5.41) is 3.53. The van der Waals surface area contributed by atoms with Crippen LogP contribution in [0.1, 0.15) is 40.0 Å². The Bertz CT molecular complexity index is 466. The van der Waals surface area contributed by atoms with Crippen LogP contribution in [0, 0.1) is 17.0 Å². The summed E-state index contributed by atoms with van der Waals surface area (Å²) in [4.78, 5) is 0. The van der Waals surface area contributed by atoms with Crippen molar-refractivity contribution in [3.05, 3.63) is 29.8 Å². The Kier molecular flexibility index (Phi) is 4.63. The number of hydrogen-bond donors (Lipinski definition) is 1. The Morgan fingerprint density at radius 2 is 2.05 bits per heavy atom. The van der Waals surface area contributed by atoms with Crippen molar-refractivity contribution in [2.75, 3.05) is 6.54 Å². The molecule has 1 aromatic carbocycles. The summed E-state index contributed by atoms with van der Waals surface area (Å²) in [5.74, 6) is -1.30. The number of benzene rings is 1. The van der Waals surface area contributed by atoms with Crippen LogP contribution in [-0.4, -0.2) is 18.7 Å². The van der Waals surface area contributed by atoms with Crippen LogP contribution in [0.15, 0.2) is 18.2 Å². The van der Waals surface area contributed by atoms with Gasteiger partial charge in [0, 0.05) is 23.9 Å². The van der Waals surface area contributed by atoms with E-state index in [1.54, 1.807) is 0 Å². The minimum absolute atomic E-state index is 0.0417. The minimum atomic E-state index is -0.860. The van der Waals surface area contributed by atoms with Gasteiger partial charge in [-0.2, -0.15) is 0 Å². The van der Waals surface area contributed by atoms with Gasteiger partial charge in [0.25, 0.3) is 0 Å². The smallest absolute Gasteiger partial charge is 0.162 e. The highest BCUT2D eigenvalue weighted by molar-refractivity contribution is 5.25. The Balaban J connectivity index is 2.01. The van der Waals surface area contributed by atoms with Gasteiger partial charge in [0.15, 0.2) is 11.6 Å². The maximum absolute atomic E-state index is 13.2. The molecular weight excluding hydrogens is 260 g/mol. The van der Waals surface area contributed by atoms with E-state index in [-0.39, 0.29) is 11.5 Å². The molecule has 0 bridgehead atoms. The lowest BCUT2D eigenvalue weighted by atomic mass is 9.61. The molecule has 0 amide bonds. The predicted octanol–water partition coefficient (Wildman–Crippen LogP) is 3.90. The standard InChI is InChI=1S/C16H23F2NO/c1-4-8-19-14-10-15(16(14,3)5-2)20-11-6-7-12(17)13(18)9-11/h6-7,9,14-15,19H,4-5,8,10H2,1-3H3. The van der Waals surface area contributed by atoms with Crippen LogP contribution in [0.2, 0.25) is 0 Å². The molecule has 1 aromatic rings. The first kappa shape index (κ1) is 15.2. The maximum atomic E-state index is 13.2. The zero-order valence-electron chi connectivity index (χ0n) is 12.4. The molecule has 0 heterocycles. The largest absolute Gasteiger partial charge is 0.490 e. The van der Waals surface area contributed by atoms with Gasteiger partial charge in [0.1, 0.15) is 11.9 Å². The van der Waals surface area contributed by atoms with Crippen molar-refractivity contribution in [1.29, 1.82) is 0 Å². The van der Waals surface area contributed by atoms with Crippen molar-refractivity contribution in [3.63, 3.8) is 0 Å². The minimum Gasteiger partial charge on any atom is -0.490 e. The van der Waals surface area contributed by atoms with Crippen molar-refractivity contribution in [3.8, 4) is 5.75 Å². The van der Waals surface area contributed by atoms with Gasteiger partial charge in [0.2, 0.25) is 0 Å². The van der Waals surface area contributed by atoms with Gasteiger partial charge in [-0.1, -0.05) is 20.8 Å². The summed E-state index contributed by atoms with van der Waals surface area (Å²) >= 11 is 0. The third-order valence-electron chi connectivity index (χ3n) is 4.55. The fourth-order valence-electron chi connectivity index (χ4n) is 2.82. The molecule has 1 aliphatic carbocycles. The summed E-state index contributed by atoms with van der Waals surface area (Å²) in [6.07, 6.45) is 3.04. The molecule has 0 aromatic heterocycles. The highest BCUT2D eigenvalue weighted by atomic mass is 19.2. The van der Waals surface area contributed by atoms with Crippen LogP contribution in [0.4, 0.5) is 8.78 Å². The number of ether oxygens (including phenoxy) is 1. The second kappa shape index (κ2) is 6.08. The van der Waals surface area contributed by atoms with Crippen LogP contribution >= 0.6 is 0 Å². The van der Waals surface area contributed by atoms with Crippen LogP contribution in [0.3, 0.4) is 0 Å². The van der Waals surface area contributed by atoms with Crippen molar-refractivity contribution >= 4 is 0 Å². The van der Waals surface area contributed by atoms with Crippen molar-refractivity contribution in [2.24, 2.45) is 5.41 Å². The monoisotopic (exact) mass is 283 g/mol. The zero-order chi connectivity index (χ0) is 14.8. The second-order valence-corrected chi connectivity index (χ2v) is 5.78. The predicted molar refractivity (Wildman–Crippen MR) is 75.9 cm³/mol. The SMILES string of the molecule is CCCNC1CC(Oc2ccc(F)c(F)c2)C1(C)CC. The van der Waals surface area contributed by atoms with E-state index in [1.807, 2.05) is 0 Å². The quantitative estimate of drug-likeness (QED) is 0.855. The first-order chi connectivity index (χ1) is 9.51. The van der Waals surface area contributed by atoms with E-state index in [9.17, 15) is 8.78 Å². The molecule has 1 saturated carbocycles. The lowest BCUT2D eigenvalue weighted by Gasteiger charge is -2.53. The van der Waals surface area contributed by atoms with E-state index in [0.717, 1.165) is 37.9 Å². The zero-order valence-corrected chi connectivity index (χ0v) is 12.4. The van der Waals surface area contributed by atoms with Gasteiger partial charge in [0.05, 0.1) is 0 Å². The second-order valence-electron chi connectivity index (χ2n) is 5.78. The third kappa shape index (κ3) is 2.80. The van der Waals surface area contributed by atoms with E-state index in [0.29, 0.717) is 11.8 Å². The molecule has 1 fully saturated rings. The van der Waals surface area contributed by atoms with Gasteiger partial charge in [-0.05, 0) is 31.5 Å². The van der Waals surface area contributed by atoms with E-state index in [2.05, 4.69) is 26.1 Å². The molecule has 3 unspecified atom stereocenters. The molecule has 2 rings (SSSR count). The highest BCUT2D eigenvalue weighted by Gasteiger charge is 2.51. The van der Waals surface area contributed by atoms with Crippen molar-refractivity contribution < 1.29 is 13.5 Å². The Morgan fingerprint density at radius 3 is 2.65 bits per heavy atom. The van der Waals surface area contributed by atoms with Crippen LogP contribution in [0.5, 0.6) is 5.75 Å². The Labute approximate surface area is 119 Å². The normalized spacial score (nSPS) is 29.1. The van der Waals surface area contributed by atoms with Crippen molar-refractivity contribution in [2.45, 2.75) is 52.2 Å². The average Bonchev–Trinajstić information content (AvgIpc) is 2.44. The molecule has 0 saturated heterocycles. The first-order valence-corrected chi connectivity index (χ1v) is 7.36. The molecule has 0 radical (unpaired) electrons. The molecule has 0 aliphatic heterocycles. The van der Waals surface area contributed by atoms with Gasteiger partial charge in [-0.3, -0.25) is 0 Å². The maximum Gasteiger partial charge on any atom is 0.162 e. The fourth-order valence-corrected chi connectivity index (χ4v) is 2.82. The van der Waals surface area contributed by atoms with Gasteiger partial charge >= 0.3 is 0 Å². The van der Waals surface area contributed by atoms with E-state index >= 15 is 0 Å². The molecule has 20 heavy (non-hydrogen) atoms. The summed E-state index contributed by atoms with van der Waals surface area (Å²) in [5.41, 5.74) is 0.0417. The highest BCUT2D eigenvalue weighted by Crippen LogP contribution is 2.46. The number of hydrogen-bond acceptors (Lipinski definition) is 2. The molecule has 4 heteroatoms. The molecule has 3 atom stereocenters. The summed E-state index contributed by atoms with van der Waals surface area (Å²) < 4.78 is 32.0. The van der Waals surface area contributed by atoms with Gasteiger partial charge < -0.3 is 10.1 Å². The number of nitrogens with one attached hydrogen (secondary N) is 1. The summed E-state index contributed by atoms with van der Waals surface area (Å²) in [6, 6.07) is 4.15. The number of rotatable bonds is 6. The van der Waals surface area contributed by atoms with Gasteiger partial charge in [-0.25, -0.2) is 8.78 Å². The van der Waals surface area contributed by atoms with Crippen LogP contribution in [-0.2, 0) is 0 Å². The van der Waals surface area contributed by atoms with E-state index in [4.69, 9.17) is 4.74 Å². The number of halogens is 2. The Hall–Kier alpha value is -1.16. The summed E-state index contributed by atoms with van der Waals surface area (Å²) in [7, 11) is 0. The van der Waals surface area contributed by atoms with Crippen LogP contribution < -0.4 is 10.1 Å². The Morgan fingerprint density at radius 1 is 1.30 bits per heavy atom. The molecule has 1 aliphatic rings. The molecular formula is C16H23F2NO. The lowest BCUT2D eigenvalue weighted by molar-refractivity contribution is -0.0702. The molecule has 2 nitrogen and oxygen atoms in total. The van der Waals surface area contributed by atoms with E-state index in [1.165, 1.54) is 6.07 Å². The third-order valence-corrected chi connectivity index (χ3v) is 4.55. The molecule has 0 spiro atoms. The fraction of sp³-hybridized carbons (Fsp3) is 0.625. The van der Waals surface area contributed by atoms with Crippen molar-refractivity contribution in [1.82, 2.24) is 5.32 Å². The molecule has 112 valence electrons. The summed E-state index contributed by atoms with van der Waals surface area (Å²) in [6.45, 7) is 7.47. The van der Waals surface area contributed by atoms with Crippen LogP contribution in [0.25, 0.3) is 0 Å². The molecule has 1 N–H and O–H groups in total. The average molecular weight is 283 g/mol.